The number of carboxylic acids is 1. The Kier molecular flexibility index (Phi) is 4.04. The highest BCUT2D eigenvalue weighted by atomic mass is 32.1. The van der Waals surface area contributed by atoms with Crippen molar-refractivity contribution in [3.8, 4) is 22.1 Å². The highest BCUT2D eigenvalue weighted by Gasteiger charge is 2.33. The topological polar surface area (TPSA) is 89.0 Å². The van der Waals surface area contributed by atoms with Crippen LogP contribution in [-0.4, -0.2) is 46.2 Å². The second-order valence-electron chi connectivity index (χ2n) is 5.95. The Balaban J connectivity index is 1.58. The number of carbonyl (C=O) groups is 2. The molecule has 130 valence electrons. The molecule has 0 spiro atoms. The van der Waals surface area contributed by atoms with Crippen LogP contribution in [0, 0.1) is 0 Å². The number of nitrogens with zero attached hydrogens (tertiary/aromatic N) is 2. The minimum absolute atomic E-state index is 0.200. The molecule has 1 amide bonds. The number of rotatable bonds is 3. The molecule has 2 aliphatic heterocycles. The fraction of sp³-hybridized carbons (Fsp3) is 0.353. The van der Waals surface area contributed by atoms with Crippen LogP contribution in [0.25, 0.3) is 10.6 Å². The normalized spacial score (nSPS) is 19.0. The number of piperidine rings is 1. The summed E-state index contributed by atoms with van der Waals surface area (Å²) in [5, 5.41) is 11.7. The molecule has 0 radical (unpaired) electrons. The van der Waals surface area contributed by atoms with E-state index in [9.17, 15) is 14.7 Å². The van der Waals surface area contributed by atoms with Gasteiger partial charge in [-0.05, 0) is 37.5 Å². The van der Waals surface area contributed by atoms with Crippen molar-refractivity contribution < 1.29 is 24.2 Å². The van der Waals surface area contributed by atoms with Gasteiger partial charge in [-0.15, -0.1) is 11.3 Å². The maximum Gasteiger partial charge on any atom is 0.326 e. The zero-order valence-electron chi connectivity index (χ0n) is 13.3. The Morgan fingerprint density at radius 1 is 1.24 bits per heavy atom. The van der Waals surface area contributed by atoms with Crippen LogP contribution in [0.15, 0.2) is 23.6 Å². The summed E-state index contributed by atoms with van der Waals surface area (Å²) in [5.41, 5.74) is 1.12. The third-order valence-corrected chi connectivity index (χ3v) is 5.28. The van der Waals surface area contributed by atoms with Gasteiger partial charge < -0.3 is 19.5 Å². The lowest BCUT2D eigenvalue weighted by molar-refractivity contribution is -0.143. The number of hydrogen-bond acceptors (Lipinski definition) is 6. The average Bonchev–Trinajstić information content (AvgIpc) is 3.29. The van der Waals surface area contributed by atoms with Crippen molar-refractivity contribution in [3.05, 3.63) is 29.3 Å². The first-order chi connectivity index (χ1) is 12.1. The molecule has 3 heterocycles. The van der Waals surface area contributed by atoms with Crippen LogP contribution in [0.2, 0.25) is 0 Å². The summed E-state index contributed by atoms with van der Waals surface area (Å²) >= 11 is 1.35. The number of carbonyl (C=O) groups excluding carboxylic acids is 1. The highest BCUT2D eigenvalue weighted by Crippen LogP contribution is 2.36. The first-order valence-corrected chi connectivity index (χ1v) is 8.91. The van der Waals surface area contributed by atoms with Crippen LogP contribution in [0.3, 0.4) is 0 Å². The van der Waals surface area contributed by atoms with Gasteiger partial charge in [-0.1, -0.05) is 0 Å². The van der Waals surface area contributed by atoms with Crippen molar-refractivity contribution in [1.29, 1.82) is 0 Å². The molecule has 2 aliphatic rings. The van der Waals surface area contributed by atoms with Crippen LogP contribution in [0.4, 0.5) is 0 Å². The van der Waals surface area contributed by atoms with Crippen LogP contribution in [-0.2, 0) is 4.79 Å². The second-order valence-corrected chi connectivity index (χ2v) is 6.81. The number of benzene rings is 1. The fourth-order valence-corrected chi connectivity index (χ4v) is 3.90. The minimum atomic E-state index is -0.959. The predicted molar refractivity (Wildman–Crippen MR) is 90.0 cm³/mol. The second kappa shape index (κ2) is 6.36. The number of aromatic nitrogens is 1. The first kappa shape index (κ1) is 15.9. The first-order valence-electron chi connectivity index (χ1n) is 8.03. The van der Waals surface area contributed by atoms with E-state index in [1.165, 1.54) is 16.2 Å². The van der Waals surface area contributed by atoms with E-state index in [4.69, 9.17) is 9.47 Å². The average molecular weight is 360 g/mol. The molecule has 1 saturated heterocycles. The molecule has 25 heavy (non-hydrogen) atoms. The van der Waals surface area contributed by atoms with Gasteiger partial charge in [-0.3, -0.25) is 4.79 Å². The van der Waals surface area contributed by atoms with E-state index in [0.29, 0.717) is 29.5 Å². The predicted octanol–water partition coefficient (Wildman–Crippen LogP) is 2.62. The van der Waals surface area contributed by atoms with Gasteiger partial charge in [0.2, 0.25) is 6.79 Å². The largest absolute Gasteiger partial charge is 0.480 e. The van der Waals surface area contributed by atoms with Gasteiger partial charge in [0, 0.05) is 17.5 Å². The number of amides is 1. The van der Waals surface area contributed by atoms with Gasteiger partial charge >= 0.3 is 5.97 Å². The minimum Gasteiger partial charge on any atom is -0.480 e. The number of thiazole rings is 1. The molecule has 1 aromatic carbocycles. The van der Waals surface area contributed by atoms with E-state index in [1.807, 2.05) is 18.2 Å². The molecule has 2 aromatic rings. The molecule has 8 heteroatoms. The molecule has 1 aromatic heterocycles. The Morgan fingerprint density at radius 3 is 2.92 bits per heavy atom. The van der Waals surface area contributed by atoms with Crippen molar-refractivity contribution in [2.24, 2.45) is 0 Å². The van der Waals surface area contributed by atoms with Crippen LogP contribution in [0.5, 0.6) is 11.5 Å². The van der Waals surface area contributed by atoms with E-state index in [2.05, 4.69) is 4.98 Å². The van der Waals surface area contributed by atoms with E-state index < -0.39 is 12.0 Å². The molecule has 0 bridgehead atoms. The molecule has 4 rings (SSSR count). The smallest absolute Gasteiger partial charge is 0.326 e. The van der Waals surface area contributed by atoms with Crippen molar-refractivity contribution in [1.82, 2.24) is 9.88 Å². The lowest BCUT2D eigenvalue weighted by Crippen LogP contribution is -2.48. The molecule has 1 N–H and O–H groups in total. The zero-order valence-corrected chi connectivity index (χ0v) is 14.1. The van der Waals surface area contributed by atoms with Crippen LogP contribution in [0.1, 0.15) is 29.8 Å². The molecular weight excluding hydrogens is 344 g/mol. The van der Waals surface area contributed by atoms with Crippen molar-refractivity contribution >= 4 is 23.2 Å². The van der Waals surface area contributed by atoms with Crippen molar-refractivity contribution in [2.45, 2.75) is 25.3 Å². The fourth-order valence-electron chi connectivity index (χ4n) is 3.11. The Labute approximate surface area is 147 Å². The summed E-state index contributed by atoms with van der Waals surface area (Å²) in [6.07, 6.45) is 2.12. The third kappa shape index (κ3) is 2.93. The van der Waals surface area contributed by atoms with Crippen molar-refractivity contribution in [2.75, 3.05) is 13.3 Å². The number of likely N-dealkylation sites (tertiary alicyclic amines) is 1. The molecule has 0 saturated carbocycles. The molecular formula is C17H16N2O5S. The van der Waals surface area contributed by atoms with E-state index in [1.54, 1.807) is 5.38 Å². The van der Waals surface area contributed by atoms with Gasteiger partial charge in [-0.25, -0.2) is 9.78 Å². The standard InChI is InChI=1S/C17H16N2O5S/c20-16(19-6-2-1-3-12(19)17(21)22)11-8-25-15(18-11)10-4-5-13-14(7-10)24-9-23-13/h4-5,7-8,12H,1-3,6,9H2,(H,21,22). The highest BCUT2D eigenvalue weighted by molar-refractivity contribution is 7.13. The maximum absolute atomic E-state index is 12.7. The summed E-state index contributed by atoms with van der Waals surface area (Å²) in [6.45, 7) is 0.651. The van der Waals surface area contributed by atoms with Crippen molar-refractivity contribution in [3.63, 3.8) is 0 Å². The van der Waals surface area contributed by atoms with Gasteiger partial charge in [0.05, 0.1) is 0 Å². The maximum atomic E-state index is 12.7. The number of fused-ring (bicyclic) bond motifs is 1. The molecule has 1 fully saturated rings. The van der Waals surface area contributed by atoms with Crippen LogP contribution >= 0.6 is 11.3 Å². The summed E-state index contributed by atoms with van der Waals surface area (Å²) in [7, 11) is 0. The number of aliphatic carboxylic acids is 1. The van der Waals surface area contributed by atoms with Gasteiger partial charge in [0.25, 0.3) is 5.91 Å². The summed E-state index contributed by atoms with van der Waals surface area (Å²) < 4.78 is 10.7. The van der Waals surface area contributed by atoms with E-state index in [0.717, 1.165) is 18.4 Å². The molecule has 1 atom stereocenters. The van der Waals surface area contributed by atoms with E-state index in [-0.39, 0.29) is 18.4 Å². The lowest BCUT2D eigenvalue weighted by atomic mass is 10.0. The molecule has 7 nitrogen and oxygen atoms in total. The quantitative estimate of drug-likeness (QED) is 0.905. The monoisotopic (exact) mass is 360 g/mol. The third-order valence-electron chi connectivity index (χ3n) is 4.39. The molecule has 0 aliphatic carbocycles. The summed E-state index contributed by atoms with van der Waals surface area (Å²) in [4.78, 5) is 29.9. The van der Waals surface area contributed by atoms with Crippen LogP contribution < -0.4 is 9.47 Å². The van der Waals surface area contributed by atoms with Gasteiger partial charge in [0.1, 0.15) is 16.7 Å². The van der Waals surface area contributed by atoms with Gasteiger partial charge in [0.15, 0.2) is 11.5 Å². The lowest BCUT2D eigenvalue weighted by Gasteiger charge is -2.32. The van der Waals surface area contributed by atoms with E-state index >= 15 is 0 Å². The van der Waals surface area contributed by atoms with Gasteiger partial charge in [-0.2, -0.15) is 0 Å². The molecule has 1 unspecified atom stereocenters. The number of ether oxygens (including phenoxy) is 2. The summed E-state index contributed by atoms with van der Waals surface area (Å²) in [6, 6.07) is 4.74. The number of carboxylic acid groups (broad SMARTS) is 1. The Morgan fingerprint density at radius 2 is 2.08 bits per heavy atom. The number of hydrogen-bond donors (Lipinski definition) is 1. The Hall–Kier alpha value is -2.61. The summed E-state index contributed by atoms with van der Waals surface area (Å²) in [5.74, 6) is 0.0615. The Bertz CT molecular complexity index is 834. The SMILES string of the molecule is O=C(O)C1CCCCN1C(=O)c1csc(-c2ccc3c(c2)OCO3)n1. The zero-order chi connectivity index (χ0) is 17.4.